The fourth-order valence-corrected chi connectivity index (χ4v) is 7.75. The van der Waals surface area contributed by atoms with Gasteiger partial charge >= 0.3 is 18.0 Å². The molecule has 1 fully saturated rings. The van der Waals surface area contributed by atoms with Gasteiger partial charge in [-0.25, -0.2) is 17.2 Å². The molecule has 0 bridgehead atoms. The van der Waals surface area contributed by atoms with Gasteiger partial charge in [0, 0.05) is 12.1 Å². The van der Waals surface area contributed by atoms with Crippen LogP contribution in [0.3, 0.4) is 0 Å². The van der Waals surface area contributed by atoms with Crippen molar-refractivity contribution in [1.29, 1.82) is 0 Å². The first kappa shape index (κ1) is 26.9. The number of nitrogens with zero attached hydrogens (tertiary/aromatic N) is 1. The number of benzene rings is 2. The van der Waals surface area contributed by atoms with Crippen LogP contribution in [0.25, 0.3) is 0 Å². The summed E-state index contributed by atoms with van der Waals surface area (Å²) in [6.07, 6.45) is -8.23. The van der Waals surface area contributed by atoms with E-state index in [9.17, 15) is 48.3 Å². The second kappa shape index (κ2) is 8.44. The fraction of sp³-hybridized carbons (Fsp3) is 0.375. The fourth-order valence-electron chi connectivity index (χ4n) is 5.38. The molecular weight excluding hydrogens is 534 g/mol. The maximum absolute atomic E-state index is 14.7. The van der Waals surface area contributed by atoms with Gasteiger partial charge in [-0.2, -0.15) is 26.3 Å². The third kappa shape index (κ3) is 3.71. The first-order valence-corrected chi connectivity index (χ1v) is 12.2. The van der Waals surface area contributed by atoms with Crippen molar-refractivity contribution in [2.45, 2.75) is 53.0 Å². The van der Waals surface area contributed by atoms with Gasteiger partial charge in [-0.3, -0.25) is 4.79 Å². The van der Waals surface area contributed by atoms with Crippen LogP contribution in [0, 0.1) is 18.2 Å². The van der Waals surface area contributed by atoms with Crippen molar-refractivity contribution in [2.75, 3.05) is 6.54 Å². The van der Waals surface area contributed by atoms with Gasteiger partial charge in [0.25, 0.3) is 5.91 Å². The average Bonchev–Trinajstić information content (AvgIpc) is 3.23. The van der Waals surface area contributed by atoms with Crippen LogP contribution in [0.4, 0.5) is 35.1 Å². The van der Waals surface area contributed by atoms with Crippen LogP contribution < -0.4 is 0 Å². The second-order valence-corrected chi connectivity index (χ2v) is 11.0. The summed E-state index contributed by atoms with van der Waals surface area (Å²) in [6.45, 7) is -0.173. The Morgan fingerprint density at radius 1 is 1.00 bits per heavy atom. The summed E-state index contributed by atoms with van der Waals surface area (Å²) >= 11 is 0. The number of aryl methyl sites for hydroxylation is 1. The molecule has 4 nitrogen and oxygen atoms in total. The van der Waals surface area contributed by atoms with Crippen LogP contribution in [-0.2, 0) is 31.5 Å². The Bertz CT molecular complexity index is 1380. The van der Waals surface area contributed by atoms with Crippen molar-refractivity contribution in [3.63, 3.8) is 0 Å². The second-order valence-electron chi connectivity index (χ2n) is 8.82. The van der Waals surface area contributed by atoms with Crippen molar-refractivity contribution in [3.05, 3.63) is 65.0 Å². The Morgan fingerprint density at radius 2 is 1.59 bits per heavy atom. The van der Waals surface area contributed by atoms with E-state index >= 15 is 0 Å². The highest BCUT2D eigenvalue weighted by Crippen LogP contribution is 2.56. The molecule has 37 heavy (non-hydrogen) atoms. The van der Waals surface area contributed by atoms with Gasteiger partial charge in [0.2, 0.25) is 0 Å². The van der Waals surface area contributed by atoms with E-state index in [1.54, 1.807) is 0 Å². The van der Waals surface area contributed by atoms with E-state index in [-0.39, 0.29) is 47.9 Å². The van der Waals surface area contributed by atoms with E-state index in [0.717, 1.165) is 35.2 Å². The van der Waals surface area contributed by atoms with E-state index in [1.165, 1.54) is 0 Å². The van der Waals surface area contributed by atoms with Crippen LogP contribution in [0.1, 0.15) is 29.5 Å². The maximum atomic E-state index is 14.7. The van der Waals surface area contributed by atoms with Crippen molar-refractivity contribution < 1.29 is 48.3 Å². The molecule has 2 atom stereocenters. The minimum absolute atomic E-state index is 0.171. The summed E-state index contributed by atoms with van der Waals surface area (Å²) in [4.78, 5) is 13.1. The SMILES string of the molecule is C#CC(=O)N1CC[C@]2(S(=O)(=O)c3ccc(F)cc3)c3ccc(C(F)(C(F)(F)F)C(F)(F)F)cc3CC[C@H]12. The van der Waals surface area contributed by atoms with Crippen LogP contribution in [0.2, 0.25) is 0 Å². The molecule has 2 aromatic rings. The lowest BCUT2D eigenvalue weighted by Gasteiger charge is -2.42. The zero-order chi connectivity index (χ0) is 27.6. The Balaban J connectivity index is 1.97. The molecular formula is C24H17F8NO3S. The topological polar surface area (TPSA) is 54.5 Å². The molecule has 1 aliphatic heterocycles. The Hall–Kier alpha value is -3.14. The van der Waals surface area contributed by atoms with Crippen LogP contribution in [0.5, 0.6) is 0 Å². The summed E-state index contributed by atoms with van der Waals surface area (Å²) in [6, 6.07) is 3.91. The molecule has 2 aliphatic rings. The number of fused-ring (bicyclic) bond motifs is 3. The van der Waals surface area contributed by atoms with Crippen LogP contribution >= 0.6 is 0 Å². The zero-order valence-corrected chi connectivity index (χ0v) is 19.4. The number of rotatable bonds is 3. The number of amides is 1. The zero-order valence-electron chi connectivity index (χ0n) is 18.6. The Labute approximate surface area is 206 Å². The number of likely N-dealkylation sites (tertiary alicyclic amines) is 1. The summed E-state index contributed by atoms with van der Waals surface area (Å²) in [5.41, 5.74) is -7.86. The molecule has 0 spiro atoms. The molecule has 198 valence electrons. The lowest BCUT2D eigenvalue weighted by atomic mass is 9.76. The van der Waals surface area contributed by atoms with E-state index < -0.39 is 55.9 Å². The third-order valence-electron chi connectivity index (χ3n) is 7.05. The van der Waals surface area contributed by atoms with Gasteiger partial charge < -0.3 is 4.90 Å². The smallest absolute Gasteiger partial charge is 0.327 e. The van der Waals surface area contributed by atoms with Gasteiger partial charge in [-0.1, -0.05) is 18.2 Å². The molecule has 0 N–H and O–H groups in total. The summed E-state index contributed by atoms with van der Waals surface area (Å²) in [5, 5.41) is 0. The van der Waals surface area contributed by atoms with E-state index in [1.807, 2.05) is 5.92 Å². The Morgan fingerprint density at radius 3 is 2.14 bits per heavy atom. The number of sulfone groups is 1. The minimum atomic E-state index is -6.35. The molecule has 1 aliphatic carbocycles. The monoisotopic (exact) mass is 551 g/mol. The quantitative estimate of drug-likeness (QED) is 0.308. The van der Waals surface area contributed by atoms with E-state index in [2.05, 4.69) is 0 Å². The molecule has 0 radical (unpaired) electrons. The number of halogens is 8. The summed E-state index contributed by atoms with van der Waals surface area (Å²) in [7, 11) is -4.54. The summed E-state index contributed by atoms with van der Waals surface area (Å²) < 4.78 is 134. The van der Waals surface area contributed by atoms with Gasteiger partial charge in [0.15, 0.2) is 9.84 Å². The van der Waals surface area contributed by atoms with Gasteiger partial charge in [0.05, 0.1) is 10.9 Å². The van der Waals surface area contributed by atoms with Crippen molar-refractivity contribution in [1.82, 2.24) is 4.90 Å². The minimum Gasteiger partial charge on any atom is -0.327 e. The van der Waals surface area contributed by atoms with Crippen molar-refractivity contribution >= 4 is 15.7 Å². The standard InChI is InChI=1S/C24H17F8NO3S/c1-2-20(34)33-12-11-21(37(35,36)17-7-5-16(25)6-8-17)18-9-4-15(13-14(18)3-10-19(21)33)22(26,23(27,28)29)24(30,31)32/h1,4-9,13,19H,3,10-12H2/t19-,21-/m0/s1. The molecule has 2 aromatic carbocycles. The summed E-state index contributed by atoms with van der Waals surface area (Å²) in [5.74, 6) is 0.282. The lowest BCUT2D eigenvalue weighted by Crippen LogP contribution is -2.53. The number of carbonyl (C=O) groups excluding carboxylic acids is 1. The molecule has 13 heteroatoms. The molecule has 1 heterocycles. The van der Waals surface area contributed by atoms with E-state index in [4.69, 9.17) is 6.42 Å². The van der Waals surface area contributed by atoms with Crippen molar-refractivity contribution in [2.24, 2.45) is 0 Å². The molecule has 1 saturated heterocycles. The third-order valence-corrected chi connectivity index (χ3v) is 9.60. The predicted molar refractivity (Wildman–Crippen MR) is 114 cm³/mol. The molecule has 1 amide bonds. The number of hydrogen-bond donors (Lipinski definition) is 0. The lowest BCUT2D eigenvalue weighted by molar-refractivity contribution is -0.348. The molecule has 4 rings (SSSR count). The first-order chi connectivity index (χ1) is 17.0. The van der Waals surface area contributed by atoms with Crippen molar-refractivity contribution in [3.8, 4) is 12.3 Å². The number of hydrogen-bond acceptors (Lipinski definition) is 3. The van der Waals surface area contributed by atoms with Crippen LogP contribution in [0.15, 0.2) is 47.4 Å². The van der Waals surface area contributed by atoms with Crippen LogP contribution in [-0.4, -0.2) is 44.2 Å². The van der Waals surface area contributed by atoms with Gasteiger partial charge in [-0.15, -0.1) is 6.42 Å². The van der Waals surface area contributed by atoms with Gasteiger partial charge in [0.1, 0.15) is 10.6 Å². The predicted octanol–water partition coefficient (Wildman–Crippen LogP) is 4.96. The average molecular weight is 551 g/mol. The molecule has 0 aromatic heterocycles. The number of carbonyl (C=O) groups is 1. The normalized spacial score (nSPS) is 22.2. The first-order valence-electron chi connectivity index (χ1n) is 10.8. The maximum Gasteiger partial charge on any atom is 0.435 e. The highest BCUT2D eigenvalue weighted by molar-refractivity contribution is 7.92. The Kier molecular flexibility index (Phi) is 6.14. The molecule has 0 unspecified atom stereocenters. The highest BCUT2D eigenvalue weighted by Gasteiger charge is 2.73. The molecule has 0 saturated carbocycles. The number of alkyl halides is 7. The number of terminal acetylenes is 1. The van der Waals surface area contributed by atoms with Gasteiger partial charge in [-0.05, 0) is 60.6 Å². The largest absolute Gasteiger partial charge is 0.435 e. The highest BCUT2D eigenvalue weighted by atomic mass is 32.2. The van der Waals surface area contributed by atoms with E-state index in [0.29, 0.717) is 6.07 Å².